The van der Waals surface area contributed by atoms with Crippen molar-refractivity contribution in [3.63, 3.8) is 0 Å². The molecule has 0 radical (unpaired) electrons. The van der Waals surface area contributed by atoms with E-state index in [0.717, 1.165) is 6.42 Å². The highest BCUT2D eigenvalue weighted by Gasteiger charge is 2.08. The van der Waals surface area contributed by atoms with E-state index in [1.165, 1.54) is 66.8 Å². The van der Waals surface area contributed by atoms with Gasteiger partial charge in [-0.3, -0.25) is 4.98 Å². The molecule has 0 saturated carbocycles. The Bertz CT molecular complexity index is 1760. The van der Waals surface area contributed by atoms with E-state index in [9.17, 15) is 0 Å². The fourth-order valence-corrected chi connectivity index (χ4v) is 4.94. The molecular formula is C45H49N. The fraction of sp³-hybridized carbons (Fsp3) is 0.178. The van der Waals surface area contributed by atoms with Crippen molar-refractivity contribution in [3.8, 4) is 33.4 Å². The molecule has 0 spiro atoms. The normalized spacial score (nSPS) is 9.80. The first-order valence-electron chi connectivity index (χ1n) is 16.2. The van der Waals surface area contributed by atoms with Gasteiger partial charge in [0, 0.05) is 12.4 Å². The highest BCUT2D eigenvalue weighted by molar-refractivity contribution is 5.77. The molecule has 5 aromatic carbocycles. The van der Waals surface area contributed by atoms with E-state index in [4.69, 9.17) is 0 Å². The van der Waals surface area contributed by atoms with Crippen LogP contribution in [-0.4, -0.2) is 4.98 Å². The fourth-order valence-electron chi connectivity index (χ4n) is 4.94. The molecule has 0 fully saturated rings. The lowest BCUT2D eigenvalue weighted by Crippen LogP contribution is -1.91. The van der Waals surface area contributed by atoms with Crippen molar-refractivity contribution in [3.05, 3.63) is 186 Å². The summed E-state index contributed by atoms with van der Waals surface area (Å²) in [7, 11) is 0. The first-order valence-corrected chi connectivity index (χ1v) is 16.2. The number of pyridine rings is 1. The molecule has 6 aromatic rings. The first kappa shape index (κ1) is 35.5. The third-order valence-corrected chi connectivity index (χ3v) is 7.23. The highest BCUT2D eigenvalue weighted by atomic mass is 14.6. The van der Waals surface area contributed by atoms with Crippen molar-refractivity contribution >= 4 is 0 Å². The van der Waals surface area contributed by atoms with Crippen molar-refractivity contribution in [2.24, 2.45) is 0 Å². The molecule has 1 heterocycles. The van der Waals surface area contributed by atoms with Gasteiger partial charge in [0.2, 0.25) is 0 Å². The summed E-state index contributed by atoms with van der Waals surface area (Å²) in [4.78, 5) is 4.08. The quantitative estimate of drug-likeness (QED) is 0.179. The minimum absolute atomic E-state index is 0.963. The monoisotopic (exact) mass is 603 g/mol. The van der Waals surface area contributed by atoms with Crippen molar-refractivity contribution in [2.75, 3.05) is 0 Å². The van der Waals surface area contributed by atoms with Crippen LogP contribution in [0.2, 0.25) is 0 Å². The maximum Gasteiger partial charge on any atom is 0.0346 e. The molecule has 46 heavy (non-hydrogen) atoms. The maximum absolute atomic E-state index is 4.08. The zero-order chi connectivity index (χ0) is 33.3. The van der Waals surface area contributed by atoms with Crippen LogP contribution in [0.15, 0.2) is 158 Å². The Labute approximate surface area is 278 Å². The Morgan fingerprint density at radius 1 is 0.522 bits per heavy atom. The lowest BCUT2D eigenvalue weighted by Gasteiger charge is -2.13. The second-order valence-electron chi connectivity index (χ2n) is 11.5. The Kier molecular flexibility index (Phi) is 14.4. The summed E-state index contributed by atoms with van der Waals surface area (Å²) in [5.74, 6) is 0. The van der Waals surface area contributed by atoms with Crippen LogP contribution in [0.5, 0.6) is 0 Å². The molecule has 234 valence electrons. The standard InChI is InChI=1S/C27H24.C12H11N.C4H8.C2H6/c1-20-9-6-7-14-26(20)27-19-25(16-15-21(27)2)24-13-8-12-23(18-24)17-22-10-4-3-5-11-22;1-10-4-6-11(7-5-10)12-3-2-8-13-9-12;1-4(2)3;1-2/h3-16,18-19H,17H2,1-2H3;2-9H,1H3;1H2,2-3H3;1-2H3. The van der Waals surface area contributed by atoms with Crippen LogP contribution in [0.3, 0.4) is 0 Å². The summed E-state index contributed by atoms with van der Waals surface area (Å²) in [5, 5.41) is 0. The number of hydrogen-bond donors (Lipinski definition) is 0. The van der Waals surface area contributed by atoms with E-state index in [1.807, 2.05) is 40.0 Å². The number of aryl methyl sites for hydroxylation is 3. The molecule has 0 unspecified atom stereocenters. The van der Waals surface area contributed by atoms with Gasteiger partial charge < -0.3 is 0 Å². The topological polar surface area (TPSA) is 12.9 Å². The molecule has 0 saturated heterocycles. The minimum Gasteiger partial charge on any atom is -0.264 e. The van der Waals surface area contributed by atoms with Gasteiger partial charge in [-0.15, -0.1) is 6.58 Å². The van der Waals surface area contributed by atoms with Gasteiger partial charge in [0.1, 0.15) is 0 Å². The average molecular weight is 604 g/mol. The van der Waals surface area contributed by atoms with Gasteiger partial charge in [0.15, 0.2) is 0 Å². The summed E-state index contributed by atoms with van der Waals surface area (Å²) in [6, 6.07) is 47.5. The molecule has 0 N–H and O–H groups in total. The summed E-state index contributed by atoms with van der Waals surface area (Å²) >= 11 is 0. The van der Waals surface area contributed by atoms with E-state index in [0.29, 0.717) is 0 Å². The summed E-state index contributed by atoms with van der Waals surface area (Å²) in [6.45, 7) is 18.0. The van der Waals surface area contributed by atoms with Crippen LogP contribution >= 0.6 is 0 Å². The van der Waals surface area contributed by atoms with Crippen molar-refractivity contribution in [2.45, 2.75) is 54.9 Å². The second kappa shape index (κ2) is 18.7. The molecular weight excluding hydrogens is 555 g/mol. The number of hydrogen-bond acceptors (Lipinski definition) is 1. The van der Waals surface area contributed by atoms with Crippen LogP contribution in [0.1, 0.15) is 55.5 Å². The lowest BCUT2D eigenvalue weighted by molar-refractivity contribution is 1.19. The van der Waals surface area contributed by atoms with Gasteiger partial charge in [-0.05, 0) is 109 Å². The lowest BCUT2D eigenvalue weighted by atomic mass is 9.92. The Hall–Kier alpha value is -5.01. The Balaban J connectivity index is 0.000000252. The van der Waals surface area contributed by atoms with Crippen LogP contribution in [0.4, 0.5) is 0 Å². The molecule has 1 nitrogen and oxygen atoms in total. The molecule has 1 heteroatoms. The number of nitrogens with zero attached hydrogens (tertiary/aromatic N) is 1. The highest BCUT2D eigenvalue weighted by Crippen LogP contribution is 2.31. The average Bonchev–Trinajstić information content (AvgIpc) is 3.08. The van der Waals surface area contributed by atoms with Gasteiger partial charge in [-0.25, -0.2) is 0 Å². The number of rotatable bonds is 5. The Morgan fingerprint density at radius 3 is 1.74 bits per heavy atom. The SMILES string of the molecule is C=C(C)C.CC.Cc1ccc(-c2cccnc2)cc1.Cc1ccccc1-c1cc(-c2cccc(Cc3ccccc3)c2)ccc1C. The maximum atomic E-state index is 4.08. The van der Waals surface area contributed by atoms with Crippen LogP contribution in [0.25, 0.3) is 33.4 Å². The molecule has 0 amide bonds. The largest absolute Gasteiger partial charge is 0.264 e. The third-order valence-electron chi connectivity index (χ3n) is 7.23. The van der Waals surface area contributed by atoms with Crippen molar-refractivity contribution < 1.29 is 0 Å². The van der Waals surface area contributed by atoms with Gasteiger partial charge in [-0.2, -0.15) is 0 Å². The van der Waals surface area contributed by atoms with E-state index in [2.05, 4.69) is 160 Å². The smallest absolute Gasteiger partial charge is 0.0346 e. The number of benzene rings is 5. The Morgan fingerprint density at radius 2 is 1.09 bits per heavy atom. The van der Waals surface area contributed by atoms with E-state index >= 15 is 0 Å². The van der Waals surface area contributed by atoms with E-state index in [1.54, 1.807) is 6.20 Å². The van der Waals surface area contributed by atoms with Gasteiger partial charge in [-0.1, -0.05) is 146 Å². The molecule has 6 rings (SSSR count). The van der Waals surface area contributed by atoms with Crippen LogP contribution in [0, 0.1) is 20.8 Å². The molecule has 0 aliphatic carbocycles. The molecule has 1 aromatic heterocycles. The van der Waals surface area contributed by atoms with Gasteiger partial charge in [0.05, 0.1) is 0 Å². The molecule has 0 aliphatic rings. The first-order chi connectivity index (χ1) is 22.3. The predicted molar refractivity (Wildman–Crippen MR) is 202 cm³/mol. The third kappa shape index (κ3) is 11.2. The zero-order valence-corrected chi connectivity index (χ0v) is 28.7. The number of aromatic nitrogens is 1. The number of allylic oxidation sites excluding steroid dienone is 1. The predicted octanol–water partition coefficient (Wildman–Crippen LogP) is 12.9. The van der Waals surface area contributed by atoms with Crippen molar-refractivity contribution in [1.82, 2.24) is 4.98 Å². The van der Waals surface area contributed by atoms with Crippen LogP contribution in [-0.2, 0) is 6.42 Å². The molecule has 0 atom stereocenters. The van der Waals surface area contributed by atoms with Crippen LogP contribution < -0.4 is 0 Å². The van der Waals surface area contributed by atoms with Crippen molar-refractivity contribution in [1.29, 1.82) is 0 Å². The molecule has 0 bridgehead atoms. The summed E-state index contributed by atoms with van der Waals surface area (Å²) < 4.78 is 0. The van der Waals surface area contributed by atoms with E-state index < -0.39 is 0 Å². The van der Waals surface area contributed by atoms with E-state index in [-0.39, 0.29) is 0 Å². The minimum atomic E-state index is 0.963. The second-order valence-corrected chi connectivity index (χ2v) is 11.5. The van der Waals surface area contributed by atoms with Gasteiger partial charge >= 0.3 is 0 Å². The summed E-state index contributed by atoms with van der Waals surface area (Å²) in [5.41, 5.74) is 15.3. The molecule has 0 aliphatic heterocycles. The van der Waals surface area contributed by atoms with Gasteiger partial charge in [0.25, 0.3) is 0 Å². The zero-order valence-electron chi connectivity index (χ0n) is 28.7. The summed E-state index contributed by atoms with van der Waals surface area (Å²) in [6.07, 6.45) is 4.63.